The Bertz CT molecular complexity index is 724. The van der Waals surface area contributed by atoms with Crippen LogP contribution in [0, 0.1) is 5.92 Å². The van der Waals surface area contributed by atoms with Gasteiger partial charge in [0.2, 0.25) is 0 Å². The predicted octanol–water partition coefficient (Wildman–Crippen LogP) is 6.59. The molecule has 0 N–H and O–H groups in total. The molecule has 4 heteroatoms. The van der Waals surface area contributed by atoms with Gasteiger partial charge in [0.1, 0.15) is 0 Å². The van der Waals surface area contributed by atoms with Crippen LogP contribution in [0.1, 0.15) is 55.2 Å². The molecule has 0 radical (unpaired) electrons. The van der Waals surface area contributed by atoms with Crippen LogP contribution in [-0.2, 0) is 13.0 Å². The van der Waals surface area contributed by atoms with Gasteiger partial charge in [-0.15, -0.1) is 0 Å². The summed E-state index contributed by atoms with van der Waals surface area (Å²) in [5.74, 6) is -1.51. The molecule has 0 aliphatic heterocycles. The molecule has 3 atom stereocenters. The van der Waals surface area contributed by atoms with Gasteiger partial charge in [-0.3, -0.25) is 4.90 Å². The zero-order valence-electron chi connectivity index (χ0n) is 16.8. The fourth-order valence-corrected chi connectivity index (χ4v) is 4.29. The summed E-state index contributed by atoms with van der Waals surface area (Å²) in [5.41, 5.74) is 3.36. The lowest BCUT2D eigenvalue weighted by Crippen LogP contribution is -2.36. The second-order valence-electron chi connectivity index (χ2n) is 8.07. The number of benzene rings is 2. The van der Waals surface area contributed by atoms with Crippen LogP contribution in [0.25, 0.3) is 0 Å². The van der Waals surface area contributed by atoms with E-state index in [-0.39, 0.29) is 12.3 Å². The number of halogens is 3. The maximum atomic E-state index is 13.0. The average Bonchev–Trinajstić information content (AvgIpc) is 2.62. The van der Waals surface area contributed by atoms with Crippen LogP contribution in [0.4, 0.5) is 13.2 Å². The Morgan fingerprint density at radius 2 is 1.64 bits per heavy atom. The van der Waals surface area contributed by atoms with Crippen molar-refractivity contribution >= 4 is 0 Å². The van der Waals surface area contributed by atoms with E-state index in [9.17, 15) is 13.2 Å². The van der Waals surface area contributed by atoms with Crippen LogP contribution in [0.3, 0.4) is 0 Å². The molecule has 0 bridgehead atoms. The molecule has 0 aromatic heterocycles. The Labute approximate surface area is 166 Å². The molecule has 1 saturated carbocycles. The highest BCUT2D eigenvalue weighted by atomic mass is 19.4. The lowest BCUT2D eigenvalue weighted by atomic mass is 9.69. The van der Waals surface area contributed by atoms with E-state index >= 15 is 0 Å². The van der Waals surface area contributed by atoms with Crippen LogP contribution in [-0.4, -0.2) is 24.2 Å². The molecule has 3 rings (SSSR count). The zero-order chi connectivity index (χ0) is 20.1. The standard InChI is InChI=1S/C24H30F3N/c1-3-21(28(2)17-19-7-5-4-6-8-19)14-11-18-9-12-20(13-10-18)22-15-16-23(22)24(25,26)27/h4-10,12-13,21-23H,3,11,14-17H2,1-2H3. The monoisotopic (exact) mass is 389 g/mol. The minimum absolute atomic E-state index is 0.266. The smallest absolute Gasteiger partial charge is 0.299 e. The van der Waals surface area contributed by atoms with Crippen molar-refractivity contribution in [1.29, 1.82) is 0 Å². The van der Waals surface area contributed by atoms with E-state index in [1.54, 1.807) is 0 Å². The van der Waals surface area contributed by atoms with Gasteiger partial charge in [-0.2, -0.15) is 13.2 Å². The summed E-state index contributed by atoms with van der Waals surface area (Å²) in [5, 5.41) is 0. The maximum Gasteiger partial charge on any atom is 0.392 e. The van der Waals surface area contributed by atoms with E-state index in [0.717, 1.165) is 31.4 Å². The molecule has 28 heavy (non-hydrogen) atoms. The first-order valence-electron chi connectivity index (χ1n) is 10.3. The van der Waals surface area contributed by atoms with Crippen LogP contribution in [0.15, 0.2) is 54.6 Å². The summed E-state index contributed by atoms with van der Waals surface area (Å²) < 4.78 is 39.0. The third-order valence-corrected chi connectivity index (χ3v) is 6.24. The average molecular weight is 390 g/mol. The highest BCUT2D eigenvalue weighted by molar-refractivity contribution is 5.28. The van der Waals surface area contributed by atoms with Crippen LogP contribution in [0.2, 0.25) is 0 Å². The van der Waals surface area contributed by atoms with Crippen LogP contribution >= 0.6 is 0 Å². The van der Waals surface area contributed by atoms with Gasteiger partial charge in [0.05, 0.1) is 5.92 Å². The van der Waals surface area contributed by atoms with Crippen molar-refractivity contribution in [2.75, 3.05) is 7.05 Å². The molecule has 0 amide bonds. The number of alkyl halides is 3. The number of hydrogen-bond acceptors (Lipinski definition) is 1. The highest BCUT2D eigenvalue weighted by Gasteiger charge is 2.50. The van der Waals surface area contributed by atoms with Crippen molar-refractivity contribution in [1.82, 2.24) is 4.90 Å². The lowest BCUT2D eigenvalue weighted by Gasteiger charge is -2.38. The molecule has 0 spiro atoms. The molecule has 0 heterocycles. The van der Waals surface area contributed by atoms with Crippen LogP contribution in [0.5, 0.6) is 0 Å². The summed E-state index contributed by atoms with van der Waals surface area (Å²) in [7, 11) is 2.16. The lowest BCUT2D eigenvalue weighted by molar-refractivity contribution is -0.200. The van der Waals surface area contributed by atoms with Crippen molar-refractivity contribution in [2.24, 2.45) is 5.92 Å². The van der Waals surface area contributed by atoms with E-state index in [0.29, 0.717) is 12.5 Å². The Kier molecular flexibility index (Phi) is 6.82. The van der Waals surface area contributed by atoms with Crippen LogP contribution < -0.4 is 0 Å². The maximum absolute atomic E-state index is 13.0. The SMILES string of the molecule is CCC(CCc1ccc(C2CCC2C(F)(F)F)cc1)N(C)Cc1ccccc1. The quantitative estimate of drug-likeness (QED) is 0.492. The molecule has 0 saturated heterocycles. The van der Waals surface area contributed by atoms with Gasteiger partial charge >= 0.3 is 6.18 Å². The third-order valence-electron chi connectivity index (χ3n) is 6.24. The number of hydrogen-bond donors (Lipinski definition) is 0. The Morgan fingerprint density at radius 1 is 0.964 bits per heavy atom. The second-order valence-corrected chi connectivity index (χ2v) is 8.07. The molecule has 152 valence electrons. The molecule has 1 aliphatic carbocycles. The summed E-state index contributed by atoms with van der Waals surface area (Å²) >= 11 is 0. The number of nitrogens with zero attached hydrogens (tertiary/aromatic N) is 1. The largest absolute Gasteiger partial charge is 0.392 e. The topological polar surface area (TPSA) is 3.24 Å². The van der Waals surface area contributed by atoms with Gasteiger partial charge < -0.3 is 0 Å². The minimum Gasteiger partial charge on any atom is -0.299 e. The van der Waals surface area contributed by atoms with E-state index in [1.807, 2.05) is 30.3 Å². The molecule has 1 aliphatic rings. The molecular weight excluding hydrogens is 359 g/mol. The fraction of sp³-hybridized carbons (Fsp3) is 0.500. The summed E-state index contributed by atoms with van der Waals surface area (Å²) in [6, 6.07) is 18.8. The van der Waals surface area contributed by atoms with E-state index in [4.69, 9.17) is 0 Å². The van der Waals surface area contributed by atoms with E-state index < -0.39 is 12.1 Å². The molecule has 2 aromatic carbocycles. The Morgan fingerprint density at radius 3 is 2.18 bits per heavy atom. The number of aryl methyl sites for hydroxylation is 1. The number of rotatable bonds is 8. The molecule has 1 nitrogen and oxygen atoms in total. The Balaban J connectivity index is 1.53. The van der Waals surface area contributed by atoms with Crippen molar-refractivity contribution in [2.45, 2.75) is 63.7 Å². The van der Waals surface area contributed by atoms with E-state index in [1.165, 1.54) is 11.1 Å². The molecule has 1 fully saturated rings. The summed E-state index contributed by atoms with van der Waals surface area (Å²) in [6.45, 7) is 3.14. The van der Waals surface area contributed by atoms with Crippen molar-refractivity contribution in [3.63, 3.8) is 0 Å². The first-order chi connectivity index (χ1) is 13.4. The highest BCUT2D eigenvalue weighted by Crippen LogP contribution is 2.50. The molecule has 3 unspecified atom stereocenters. The first kappa shape index (κ1) is 20.9. The molecule has 2 aromatic rings. The van der Waals surface area contributed by atoms with Crippen molar-refractivity contribution in [3.8, 4) is 0 Å². The molecular formula is C24H30F3N. The van der Waals surface area contributed by atoms with Gasteiger partial charge in [0.15, 0.2) is 0 Å². The van der Waals surface area contributed by atoms with Crippen molar-refractivity contribution in [3.05, 3.63) is 71.3 Å². The Hall–Kier alpha value is -1.81. The zero-order valence-corrected chi connectivity index (χ0v) is 16.8. The summed E-state index contributed by atoms with van der Waals surface area (Å²) in [6.07, 6.45) is -0.0807. The van der Waals surface area contributed by atoms with Gasteiger partial charge in [-0.25, -0.2) is 0 Å². The van der Waals surface area contributed by atoms with Gasteiger partial charge in [-0.1, -0.05) is 61.5 Å². The van der Waals surface area contributed by atoms with Gasteiger partial charge in [0, 0.05) is 12.6 Å². The third kappa shape index (κ3) is 5.16. The first-order valence-corrected chi connectivity index (χ1v) is 10.3. The van der Waals surface area contributed by atoms with E-state index in [2.05, 4.69) is 43.1 Å². The minimum atomic E-state index is -4.07. The van der Waals surface area contributed by atoms with Crippen molar-refractivity contribution < 1.29 is 13.2 Å². The summed E-state index contributed by atoms with van der Waals surface area (Å²) in [4.78, 5) is 2.39. The fourth-order valence-electron chi connectivity index (χ4n) is 4.29. The van der Waals surface area contributed by atoms with Gasteiger partial charge in [0.25, 0.3) is 0 Å². The second kappa shape index (κ2) is 9.13. The predicted molar refractivity (Wildman–Crippen MR) is 108 cm³/mol. The normalized spacial score (nSPS) is 20.8. The van der Waals surface area contributed by atoms with Gasteiger partial charge in [-0.05, 0) is 61.8 Å².